The van der Waals surface area contributed by atoms with E-state index >= 15 is 0 Å². The number of carbonyl (C=O) groups excluding carboxylic acids is 2. The van der Waals surface area contributed by atoms with Crippen molar-refractivity contribution in [3.05, 3.63) is 35.4 Å². The predicted molar refractivity (Wildman–Crippen MR) is 83.3 cm³/mol. The molecule has 1 aliphatic heterocycles. The summed E-state index contributed by atoms with van der Waals surface area (Å²) in [6, 6.07) is 3.19. The van der Waals surface area contributed by atoms with Gasteiger partial charge < -0.3 is 25.1 Å². The molecule has 2 amide bonds. The molecule has 7 heteroatoms. The Morgan fingerprint density at radius 2 is 2.26 bits per heavy atom. The first-order valence-corrected chi connectivity index (χ1v) is 7.91. The molecule has 0 saturated heterocycles. The van der Waals surface area contributed by atoms with Crippen molar-refractivity contribution in [1.29, 1.82) is 0 Å². The number of carbonyl (C=O) groups is 2. The van der Waals surface area contributed by atoms with Crippen molar-refractivity contribution >= 4 is 12.0 Å². The molecular weight excluding hydrogens is 298 g/mol. The van der Waals surface area contributed by atoms with E-state index in [2.05, 4.69) is 10.6 Å². The fourth-order valence-electron chi connectivity index (χ4n) is 2.58. The van der Waals surface area contributed by atoms with Gasteiger partial charge in [0.15, 0.2) is 5.76 Å². The van der Waals surface area contributed by atoms with Crippen LogP contribution in [0.15, 0.2) is 34.1 Å². The predicted octanol–water partition coefficient (Wildman–Crippen LogP) is 0.813. The van der Waals surface area contributed by atoms with Gasteiger partial charge in [-0.1, -0.05) is 6.92 Å². The molecule has 126 valence electrons. The third kappa shape index (κ3) is 4.13. The molecule has 0 bridgehead atoms. The number of nitrogens with two attached hydrogens (primary N) is 1. The highest BCUT2D eigenvalue weighted by Gasteiger charge is 2.32. The number of urea groups is 1. The number of rotatable bonds is 7. The Kier molecular flexibility index (Phi) is 5.81. The summed E-state index contributed by atoms with van der Waals surface area (Å²) in [4.78, 5) is 24.1. The maximum absolute atomic E-state index is 12.3. The van der Waals surface area contributed by atoms with Gasteiger partial charge in [-0.3, -0.25) is 0 Å². The third-order valence-corrected chi connectivity index (χ3v) is 3.81. The van der Waals surface area contributed by atoms with Crippen molar-refractivity contribution in [2.24, 2.45) is 0 Å². The number of amides is 2. The van der Waals surface area contributed by atoms with Crippen molar-refractivity contribution in [2.75, 3.05) is 13.2 Å². The lowest BCUT2D eigenvalue weighted by molar-refractivity contribution is -0.688. The lowest BCUT2D eigenvalue weighted by atomic mass is 10.00. The van der Waals surface area contributed by atoms with Crippen LogP contribution in [-0.2, 0) is 9.53 Å². The van der Waals surface area contributed by atoms with Crippen LogP contribution in [0.25, 0.3) is 0 Å². The average molecular weight is 322 g/mol. The first-order valence-electron chi connectivity index (χ1n) is 7.91. The fourth-order valence-corrected chi connectivity index (χ4v) is 2.58. The minimum atomic E-state index is -0.388. The molecule has 2 rings (SSSR count). The van der Waals surface area contributed by atoms with Crippen LogP contribution in [0.1, 0.15) is 39.0 Å². The standard InChI is InChI=1S/C16H23N3O4/c1-4-11-14(15(20)22-5-2)12(19-16(21)18-11)9-17-10(3)13-7-6-8-23-13/h6-8,10-11,17H,4-5,9H2,1-3H3,(H2,18,19,21)/p+1/t10-,11+/m0/s1. The van der Waals surface area contributed by atoms with Gasteiger partial charge >= 0.3 is 12.0 Å². The van der Waals surface area contributed by atoms with Crippen LogP contribution in [0.3, 0.4) is 0 Å². The molecular formula is C16H24N3O4+. The molecule has 2 atom stereocenters. The van der Waals surface area contributed by atoms with Gasteiger partial charge in [0.25, 0.3) is 0 Å². The first-order chi connectivity index (χ1) is 11.1. The molecule has 2 heterocycles. The Labute approximate surface area is 135 Å². The summed E-state index contributed by atoms with van der Waals surface area (Å²) in [6.45, 7) is 6.44. The molecule has 1 aromatic heterocycles. The van der Waals surface area contributed by atoms with E-state index in [0.717, 1.165) is 5.76 Å². The highest BCUT2D eigenvalue weighted by atomic mass is 16.5. The molecule has 0 aliphatic carbocycles. The lowest BCUT2D eigenvalue weighted by Gasteiger charge is -2.28. The van der Waals surface area contributed by atoms with Crippen molar-refractivity contribution in [3.8, 4) is 0 Å². The molecule has 23 heavy (non-hydrogen) atoms. The van der Waals surface area contributed by atoms with Gasteiger partial charge in [0.2, 0.25) is 0 Å². The van der Waals surface area contributed by atoms with Crippen LogP contribution in [0, 0.1) is 0 Å². The number of hydrogen-bond acceptors (Lipinski definition) is 4. The molecule has 7 nitrogen and oxygen atoms in total. The lowest BCUT2D eigenvalue weighted by Crippen LogP contribution is -2.86. The van der Waals surface area contributed by atoms with Gasteiger partial charge in [0, 0.05) is 0 Å². The van der Waals surface area contributed by atoms with Gasteiger partial charge in [-0.15, -0.1) is 0 Å². The second kappa shape index (κ2) is 7.82. The zero-order chi connectivity index (χ0) is 16.8. The Hall–Kier alpha value is -2.28. The van der Waals surface area contributed by atoms with E-state index in [1.54, 1.807) is 13.2 Å². The largest absolute Gasteiger partial charge is 0.463 e. The van der Waals surface area contributed by atoms with Crippen LogP contribution >= 0.6 is 0 Å². The van der Waals surface area contributed by atoms with E-state index in [0.29, 0.717) is 30.8 Å². The number of ether oxygens (including phenoxy) is 1. The van der Waals surface area contributed by atoms with Crippen molar-refractivity contribution in [1.82, 2.24) is 10.6 Å². The molecule has 0 aromatic carbocycles. The number of furan rings is 1. The van der Waals surface area contributed by atoms with Gasteiger partial charge in [0.1, 0.15) is 12.6 Å². The van der Waals surface area contributed by atoms with Crippen molar-refractivity contribution < 1.29 is 24.1 Å². The van der Waals surface area contributed by atoms with E-state index in [1.165, 1.54) is 0 Å². The monoisotopic (exact) mass is 322 g/mol. The normalized spacial score (nSPS) is 19.1. The molecule has 0 fully saturated rings. The summed E-state index contributed by atoms with van der Waals surface area (Å²) >= 11 is 0. The quantitative estimate of drug-likeness (QED) is 0.647. The molecule has 0 saturated carbocycles. The SMILES string of the molecule is CCOC(=O)C1=C(C[NH2+][C@@H](C)c2ccco2)NC(=O)N[C@@H]1CC. The summed E-state index contributed by atoms with van der Waals surface area (Å²) in [5.74, 6) is 0.455. The summed E-state index contributed by atoms with van der Waals surface area (Å²) in [5, 5.41) is 7.50. The average Bonchev–Trinajstić information content (AvgIpc) is 3.06. The Bertz CT molecular complexity index is 580. The first kappa shape index (κ1) is 17.1. The van der Waals surface area contributed by atoms with E-state index < -0.39 is 0 Å². The Morgan fingerprint density at radius 3 is 2.87 bits per heavy atom. The topological polar surface area (TPSA) is 97.2 Å². The van der Waals surface area contributed by atoms with Crippen LogP contribution in [0.4, 0.5) is 4.79 Å². The van der Waals surface area contributed by atoms with Crippen LogP contribution in [0.5, 0.6) is 0 Å². The van der Waals surface area contributed by atoms with Gasteiger partial charge in [-0.05, 0) is 32.4 Å². The highest BCUT2D eigenvalue weighted by Crippen LogP contribution is 2.16. The molecule has 0 unspecified atom stereocenters. The van der Waals surface area contributed by atoms with Crippen molar-refractivity contribution in [3.63, 3.8) is 0 Å². The van der Waals surface area contributed by atoms with E-state index in [-0.39, 0.29) is 24.1 Å². The third-order valence-electron chi connectivity index (χ3n) is 3.81. The van der Waals surface area contributed by atoms with E-state index in [1.807, 2.05) is 31.3 Å². The molecule has 1 aromatic rings. The van der Waals surface area contributed by atoms with Gasteiger partial charge in [-0.25, -0.2) is 9.59 Å². The summed E-state index contributed by atoms with van der Waals surface area (Å²) in [6.07, 6.45) is 2.25. The second-order valence-electron chi connectivity index (χ2n) is 5.42. The second-order valence-corrected chi connectivity index (χ2v) is 5.42. The van der Waals surface area contributed by atoms with E-state index in [9.17, 15) is 9.59 Å². The van der Waals surface area contributed by atoms with Crippen LogP contribution in [0.2, 0.25) is 0 Å². The molecule has 0 spiro atoms. The number of hydrogen-bond donors (Lipinski definition) is 3. The highest BCUT2D eigenvalue weighted by molar-refractivity contribution is 5.94. The van der Waals surface area contributed by atoms with E-state index in [4.69, 9.17) is 9.15 Å². The number of quaternary nitrogens is 1. The smallest absolute Gasteiger partial charge is 0.338 e. The van der Waals surface area contributed by atoms with Gasteiger partial charge in [-0.2, -0.15) is 0 Å². The summed E-state index contributed by atoms with van der Waals surface area (Å²) in [5.41, 5.74) is 1.09. The fraction of sp³-hybridized carbons (Fsp3) is 0.500. The zero-order valence-electron chi connectivity index (χ0n) is 13.7. The molecule has 0 radical (unpaired) electrons. The van der Waals surface area contributed by atoms with Crippen LogP contribution < -0.4 is 16.0 Å². The number of nitrogens with one attached hydrogen (secondary N) is 2. The maximum atomic E-state index is 12.3. The Balaban J connectivity index is 2.17. The summed E-state index contributed by atoms with van der Waals surface area (Å²) in [7, 11) is 0. The zero-order valence-corrected chi connectivity index (χ0v) is 13.7. The van der Waals surface area contributed by atoms with Gasteiger partial charge in [0.05, 0.1) is 30.2 Å². The minimum absolute atomic E-state index is 0.0767. The minimum Gasteiger partial charge on any atom is -0.463 e. The summed E-state index contributed by atoms with van der Waals surface area (Å²) < 4.78 is 10.5. The molecule has 4 N–H and O–H groups in total. The van der Waals surface area contributed by atoms with Crippen molar-refractivity contribution in [2.45, 2.75) is 39.3 Å². The number of esters is 1. The maximum Gasteiger partial charge on any atom is 0.338 e. The Morgan fingerprint density at radius 1 is 1.48 bits per heavy atom. The van der Waals surface area contributed by atoms with Crippen LogP contribution in [-0.4, -0.2) is 31.2 Å². The molecule has 1 aliphatic rings.